The van der Waals surface area contributed by atoms with E-state index in [-0.39, 0.29) is 24.3 Å². The molecule has 1 aromatic carbocycles. The minimum Gasteiger partial charge on any atom is -0.496 e. The van der Waals surface area contributed by atoms with Crippen LogP contribution in [-0.2, 0) is 25.5 Å². The van der Waals surface area contributed by atoms with Crippen molar-refractivity contribution in [1.82, 2.24) is 0 Å². The highest BCUT2D eigenvalue weighted by Gasteiger charge is 2.57. The zero-order valence-corrected chi connectivity index (χ0v) is 16.8. The van der Waals surface area contributed by atoms with Crippen LogP contribution in [0, 0.1) is 11.8 Å². The lowest BCUT2D eigenvalue weighted by molar-refractivity contribution is -0.186. The van der Waals surface area contributed by atoms with Crippen molar-refractivity contribution in [2.75, 3.05) is 13.7 Å². The van der Waals surface area contributed by atoms with Crippen LogP contribution in [0.5, 0.6) is 5.75 Å². The van der Waals surface area contributed by atoms with Gasteiger partial charge in [0, 0.05) is 22.6 Å². The summed E-state index contributed by atoms with van der Waals surface area (Å²) in [7, 11) is 1.65. The fourth-order valence-corrected chi connectivity index (χ4v) is 4.70. The average molecular weight is 382 g/mol. The fourth-order valence-electron chi connectivity index (χ4n) is 4.70. The van der Waals surface area contributed by atoms with Crippen molar-refractivity contribution in [3.8, 4) is 5.75 Å². The predicted molar refractivity (Wildman–Crippen MR) is 105 cm³/mol. The van der Waals surface area contributed by atoms with Gasteiger partial charge in [0.15, 0.2) is 18.0 Å². The van der Waals surface area contributed by atoms with Gasteiger partial charge < -0.3 is 14.2 Å². The molecule has 0 radical (unpaired) electrons. The van der Waals surface area contributed by atoms with Crippen LogP contribution in [0.25, 0.3) is 6.08 Å². The van der Waals surface area contributed by atoms with E-state index in [4.69, 9.17) is 14.2 Å². The number of Topliss-reactive ketones (excluding diaryl/α,β-unsaturated/α-hetero) is 1. The Bertz CT molecular complexity index is 908. The zero-order valence-electron chi connectivity index (χ0n) is 16.8. The molecule has 0 amide bonds. The minimum atomic E-state index is -0.929. The molecule has 2 atom stereocenters. The third kappa shape index (κ3) is 2.76. The van der Waals surface area contributed by atoms with Crippen LogP contribution in [-0.4, -0.2) is 31.1 Å². The molecular weight excluding hydrogens is 356 g/mol. The smallest absolute Gasteiger partial charge is 0.345 e. The number of benzene rings is 1. The third-order valence-corrected chi connectivity index (χ3v) is 6.10. The maximum Gasteiger partial charge on any atom is 0.345 e. The first-order chi connectivity index (χ1) is 13.4. The van der Waals surface area contributed by atoms with Crippen LogP contribution in [0.15, 0.2) is 35.1 Å². The van der Waals surface area contributed by atoms with Gasteiger partial charge in [-0.15, -0.1) is 0 Å². The molecule has 0 spiro atoms. The Kier molecular flexibility index (Phi) is 4.56. The summed E-state index contributed by atoms with van der Waals surface area (Å²) in [6, 6.07) is 5.84. The number of carbonyl (C=O) groups excluding carboxylic acids is 2. The van der Waals surface area contributed by atoms with Gasteiger partial charge in [0.1, 0.15) is 11.5 Å². The molecule has 4 rings (SSSR count). The Balaban J connectivity index is 1.90. The molecule has 1 saturated heterocycles. The summed E-state index contributed by atoms with van der Waals surface area (Å²) in [5.41, 5.74) is 2.34. The summed E-state index contributed by atoms with van der Waals surface area (Å²) in [6.07, 6.45) is 4.00. The number of fused-ring (bicyclic) bond motifs is 4. The van der Waals surface area contributed by atoms with E-state index in [1.165, 1.54) is 0 Å². The van der Waals surface area contributed by atoms with Gasteiger partial charge in [0.25, 0.3) is 0 Å². The summed E-state index contributed by atoms with van der Waals surface area (Å²) in [5.74, 6) is 1.09. The average Bonchev–Trinajstić information content (AvgIpc) is 2.69. The van der Waals surface area contributed by atoms with Crippen LogP contribution in [0.1, 0.15) is 44.7 Å². The zero-order chi connectivity index (χ0) is 20.1. The van der Waals surface area contributed by atoms with E-state index in [0.717, 1.165) is 23.3 Å². The highest BCUT2D eigenvalue weighted by Crippen LogP contribution is 2.52. The molecule has 148 valence electrons. The van der Waals surface area contributed by atoms with Gasteiger partial charge in [0.05, 0.1) is 7.11 Å². The van der Waals surface area contributed by atoms with E-state index in [1.807, 2.05) is 24.3 Å². The van der Waals surface area contributed by atoms with Crippen molar-refractivity contribution >= 4 is 17.8 Å². The Morgan fingerprint density at radius 1 is 1.29 bits per heavy atom. The second kappa shape index (κ2) is 6.80. The lowest BCUT2D eigenvalue weighted by Gasteiger charge is -2.49. The van der Waals surface area contributed by atoms with E-state index in [0.29, 0.717) is 35.7 Å². The first-order valence-electron chi connectivity index (χ1n) is 9.85. The summed E-state index contributed by atoms with van der Waals surface area (Å²) in [4.78, 5) is 25.5. The van der Waals surface area contributed by atoms with Crippen LogP contribution in [0.4, 0.5) is 0 Å². The monoisotopic (exact) mass is 382 g/mol. The number of hydrogen-bond donors (Lipinski definition) is 0. The Morgan fingerprint density at radius 2 is 2.07 bits per heavy atom. The summed E-state index contributed by atoms with van der Waals surface area (Å²) >= 11 is 0. The number of ether oxygens (including phenoxy) is 3. The maximum atomic E-state index is 13.2. The van der Waals surface area contributed by atoms with Crippen molar-refractivity contribution in [3.63, 3.8) is 0 Å². The Labute approximate surface area is 165 Å². The molecule has 0 bridgehead atoms. The molecule has 1 fully saturated rings. The molecule has 0 unspecified atom stereocenters. The molecule has 1 heterocycles. The predicted octanol–water partition coefficient (Wildman–Crippen LogP) is 3.86. The van der Waals surface area contributed by atoms with Crippen LogP contribution in [0.2, 0.25) is 0 Å². The lowest BCUT2D eigenvalue weighted by atomic mass is 9.64. The first-order valence-corrected chi connectivity index (χ1v) is 9.85. The van der Waals surface area contributed by atoms with Gasteiger partial charge in [-0.3, -0.25) is 4.79 Å². The summed E-state index contributed by atoms with van der Waals surface area (Å²) < 4.78 is 17.4. The molecule has 0 saturated carbocycles. The van der Waals surface area contributed by atoms with E-state index < -0.39 is 5.60 Å². The van der Waals surface area contributed by atoms with Gasteiger partial charge in [-0.25, -0.2) is 4.79 Å². The molecule has 1 aromatic rings. The number of carbonyl (C=O) groups is 2. The number of rotatable bonds is 4. The van der Waals surface area contributed by atoms with E-state index in [9.17, 15) is 9.59 Å². The third-order valence-electron chi connectivity index (χ3n) is 6.10. The van der Waals surface area contributed by atoms with Crippen LogP contribution < -0.4 is 4.74 Å². The molecule has 5 nitrogen and oxygen atoms in total. The number of ketones is 1. The summed E-state index contributed by atoms with van der Waals surface area (Å²) in [5, 5.41) is 0. The topological polar surface area (TPSA) is 61.8 Å². The van der Waals surface area contributed by atoms with Gasteiger partial charge in [0.2, 0.25) is 0 Å². The number of allylic oxidation sites excluding steroid dienone is 1. The van der Waals surface area contributed by atoms with Gasteiger partial charge in [-0.05, 0) is 49.8 Å². The number of esters is 1. The SMILES string of the molecule is COc1cccc2c1C[C@H]1C(=C2)C(=O)C(C)=C2OCC(=O)O[C@]21CCC(C)C. The van der Waals surface area contributed by atoms with Gasteiger partial charge in [-0.1, -0.05) is 26.0 Å². The van der Waals surface area contributed by atoms with Crippen LogP contribution in [0.3, 0.4) is 0 Å². The largest absolute Gasteiger partial charge is 0.496 e. The van der Waals surface area contributed by atoms with Crippen LogP contribution >= 0.6 is 0 Å². The Hall–Kier alpha value is -2.56. The van der Waals surface area contributed by atoms with Crippen molar-refractivity contribution in [3.05, 3.63) is 46.2 Å². The molecule has 3 aliphatic rings. The first kappa shape index (κ1) is 18.8. The molecule has 1 aliphatic heterocycles. The molecule has 5 heteroatoms. The van der Waals surface area contributed by atoms with Gasteiger partial charge in [-0.2, -0.15) is 0 Å². The molecule has 2 aliphatic carbocycles. The van der Waals surface area contributed by atoms with Crippen molar-refractivity contribution in [2.24, 2.45) is 11.8 Å². The van der Waals surface area contributed by atoms with Gasteiger partial charge >= 0.3 is 5.97 Å². The second-order valence-corrected chi connectivity index (χ2v) is 8.25. The van der Waals surface area contributed by atoms with Crippen molar-refractivity contribution in [1.29, 1.82) is 0 Å². The quantitative estimate of drug-likeness (QED) is 0.740. The standard InChI is InChI=1S/C23H26O5/c1-13(2)8-9-23-18-11-16-15(6-5-7-19(16)26-4)10-17(18)21(25)14(3)22(23)27-12-20(24)28-23/h5-7,10,13,18H,8-9,11-12H2,1-4H3/t18-,23-/m0/s1. The van der Waals surface area contributed by atoms with E-state index in [1.54, 1.807) is 14.0 Å². The Morgan fingerprint density at radius 3 is 2.79 bits per heavy atom. The highest BCUT2D eigenvalue weighted by atomic mass is 16.6. The fraction of sp³-hybridized carbons (Fsp3) is 0.478. The number of hydrogen-bond acceptors (Lipinski definition) is 5. The minimum absolute atomic E-state index is 0.0217. The highest BCUT2D eigenvalue weighted by molar-refractivity contribution is 6.13. The number of methoxy groups -OCH3 is 1. The maximum absolute atomic E-state index is 13.2. The second-order valence-electron chi connectivity index (χ2n) is 8.25. The molecule has 28 heavy (non-hydrogen) atoms. The van der Waals surface area contributed by atoms with Crippen molar-refractivity contribution < 1.29 is 23.8 Å². The normalized spacial score (nSPS) is 26.0. The van der Waals surface area contributed by atoms with Crippen molar-refractivity contribution in [2.45, 2.75) is 45.6 Å². The summed E-state index contributed by atoms with van der Waals surface area (Å²) in [6.45, 7) is 5.92. The molecular formula is C23H26O5. The molecule has 0 N–H and O–H groups in total. The van der Waals surface area contributed by atoms with E-state index >= 15 is 0 Å². The lowest BCUT2D eigenvalue weighted by Crippen LogP contribution is -2.55. The molecule has 0 aromatic heterocycles. The van der Waals surface area contributed by atoms with E-state index in [2.05, 4.69) is 13.8 Å².